The summed E-state index contributed by atoms with van der Waals surface area (Å²) >= 11 is 2.67. The minimum Gasteiger partial charge on any atom is -0.286 e. The Morgan fingerprint density at radius 2 is 0.778 bits per heavy atom. The number of aromatic nitrogens is 3. The van der Waals surface area contributed by atoms with Gasteiger partial charge in [-0.3, -0.25) is 13.7 Å². The summed E-state index contributed by atoms with van der Waals surface area (Å²) in [6.07, 6.45) is 0. The van der Waals surface area contributed by atoms with Crippen LogP contribution in [0.4, 0.5) is 0 Å². The molecule has 1 rings (SSSR count). The number of nitrogens with zero attached hydrogens (tertiary/aromatic N) is 3. The molecule has 0 amide bonds. The van der Waals surface area contributed by atoms with Gasteiger partial charge in [-0.2, -0.15) is 40.2 Å². The van der Waals surface area contributed by atoms with E-state index in [1.165, 1.54) is 0 Å². The van der Waals surface area contributed by atoms with Gasteiger partial charge in [0.1, 0.15) is 0 Å². The lowest BCUT2D eigenvalue weighted by Gasteiger charge is -2.06. The van der Waals surface area contributed by atoms with Gasteiger partial charge in [0, 0.05) is 17.3 Å². The van der Waals surface area contributed by atoms with Crippen molar-refractivity contribution in [2.45, 2.75) is 15.5 Å². The van der Waals surface area contributed by atoms with Gasteiger partial charge in [0.15, 0.2) is 15.5 Å². The number of thioether (sulfide) groups is 3. The van der Waals surface area contributed by atoms with E-state index >= 15 is 0 Å². The Morgan fingerprint density at radius 3 is 0.963 bits per heavy atom. The molecule has 3 N–H and O–H groups in total. The second-order valence-electron chi connectivity index (χ2n) is 4.59. The van der Waals surface area contributed by atoms with Crippen LogP contribution in [0.15, 0.2) is 15.5 Å². The van der Waals surface area contributed by atoms with Crippen molar-refractivity contribution >= 4 is 65.6 Å². The summed E-state index contributed by atoms with van der Waals surface area (Å²) in [4.78, 5) is 12.0. The lowest BCUT2D eigenvalue weighted by atomic mass is 11.0. The highest BCUT2D eigenvalue weighted by atomic mass is 32.2. The fourth-order valence-corrected chi connectivity index (χ4v) is 6.38. The van der Waals surface area contributed by atoms with E-state index in [-0.39, 0.29) is 32.7 Å². The van der Waals surface area contributed by atoms with Crippen LogP contribution in [0.3, 0.4) is 0 Å². The van der Waals surface area contributed by atoms with Crippen LogP contribution in [0.5, 0.6) is 0 Å². The molecule has 1 aromatic rings. The number of hydrogen-bond donors (Lipinski definition) is 3. The molecule has 27 heavy (non-hydrogen) atoms. The zero-order valence-corrected chi connectivity index (χ0v) is 18.2. The third-order valence-electron chi connectivity index (χ3n) is 2.29. The first kappa shape index (κ1) is 24.8. The van der Waals surface area contributed by atoms with Crippen molar-refractivity contribution in [3.63, 3.8) is 0 Å². The molecule has 0 unspecified atom stereocenters. The van der Waals surface area contributed by atoms with Crippen LogP contribution in [-0.4, -0.2) is 88.4 Å². The van der Waals surface area contributed by atoms with Gasteiger partial charge < -0.3 is 0 Å². The predicted octanol–water partition coefficient (Wildman–Crippen LogP) is -0.189. The SMILES string of the molecule is O=S(=O)(O)CCSc1nc(SCCS(=O)(=O)O)nc(SCCS(=O)(=O)O)n1. The molecular weight excluding hydrogens is 487 g/mol. The van der Waals surface area contributed by atoms with E-state index in [0.29, 0.717) is 0 Å². The fourth-order valence-electron chi connectivity index (χ4n) is 1.23. The second-order valence-corrected chi connectivity index (χ2v) is 12.5. The van der Waals surface area contributed by atoms with E-state index in [1.54, 1.807) is 0 Å². The quantitative estimate of drug-likeness (QED) is 0.251. The normalized spacial score (nSPS) is 13.0. The monoisotopic (exact) mass is 501 g/mol. The summed E-state index contributed by atoms with van der Waals surface area (Å²) in [6, 6.07) is 0. The maximum absolute atomic E-state index is 10.7. The van der Waals surface area contributed by atoms with Gasteiger partial charge in [0.05, 0.1) is 17.3 Å². The van der Waals surface area contributed by atoms with Crippen LogP contribution in [0.25, 0.3) is 0 Å². The predicted molar refractivity (Wildman–Crippen MR) is 101 cm³/mol. The van der Waals surface area contributed by atoms with Crippen molar-refractivity contribution in [3.05, 3.63) is 0 Å². The molecule has 0 saturated carbocycles. The lowest BCUT2D eigenvalue weighted by Crippen LogP contribution is -2.09. The standard InChI is InChI=1S/C9H15N3O9S6/c13-25(14,15)4-1-22-7-10-8(23-2-5-26(16,17)18)12-9(11-7)24-3-6-27(19,20)21/h1-6H2,(H,13,14,15)(H,16,17,18)(H,19,20,21). The Hall–Kier alpha value is -0.210. The van der Waals surface area contributed by atoms with Crippen LogP contribution in [0, 0.1) is 0 Å². The molecule has 0 bridgehead atoms. The van der Waals surface area contributed by atoms with Gasteiger partial charge in [-0.1, -0.05) is 35.3 Å². The first-order valence-electron chi connectivity index (χ1n) is 6.73. The summed E-state index contributed by atoms with van der Waals surface area (Å²) in [5.41, 5.74) is 0. The van der Waals surface area contributed by atoms with E-state index in [0.717, 1.165) is 35.3 Å². The Bertz CT molecular complexity index is 811. The van der Waals surface area contributed by atoms with Gasteiger partial charge in [-0.05, 0) is 0 Å². The van der Waals surface area contributed by atoms with E-state index in [1.807, 2.05) is 0 Å². The van der Waals surface area contributed by atoms with Crippen LogP contribution in [0.1, 0.15) is 0 Å². The molecule has 1 aromatic heterocycles. The van der Waals surface area contributed by atoms with Crippen molar-refractivity contribution in [1.82, 2.24) is 15.0 Å². The number of rotatable bonds is 12. The highest BCUT2D eigenvalue weighted by molar-refractivity contribution is 8.01. The van der Waals surface area contributed by atoms with Gasteiger partial charge in [0.25, 0.3) is 30.4 Å². The Labute approximate surface area is 169 Å². The van der Waals surface area contributed by atoms with Gasteiger partial charge in [0.2, 0.25) is 0 Å². The highest BCUT2D eigenvalue weighted by Crippen LogP contribution is 2.23. The minimum absolute atomic E-state index is 0.0624. The smallest absolute Gasteiger partial charge is 0.265 e. The maximum atomic E-state index is 10.7. The molecule has 156 valence electrons. The summed E-state index contributed by atoms with van der Waals surface area (Å²) < 4.78 is 90.7. The van der Waals surface area contributed by atoms with Crippen molar-refractivity contribution in [1.29, 1.82) is 0 Å². The van der Waals surface area contributed by atoms with Gasteiger partial charge in [-0.15, -0.1) is 0 Å². The average Bonchev–Trinajstić information content (AvgIpc) is 2.43. The molecule has 0 saturated heterocycles. The van der Waals surface area contributed by atoms with E-state index in [9.17, 15) is 25.3 Å². The first-order chi connectivity index (χ1) is 12.2. The third kappa shape index (κ3) is 13.6. The molecule has 0 spiro atoms. The molecule has 0 aromatic carbocycles. The molecule has 0 aliphatic rings. The van der Waals surface area contributed by atoms with E-state index in [2.05, 4.69) is 15.0 Å². The zero-order chi connectivity index (χ0) is 20.7. The summed E-state index contributed by atoms with van der Waals surface area (Å²) in [5, 5.41) is 0.243. The summed E-state index contributed by atoms with van der Waals surface area (Å²) in [6.45, 7) is 0. The fraction of sp³-hybridized carbons (Fsp3) is 0.667. The highest BCUT2D eigenvalue weighted by Gasteiger charge is 2.13. The molecule has 0 atom stereocenters. The van der Waals surface area contributed by atoms with Crippen molar-refractivity contribution in [2.75, 3.05) is 34.5 Å². The molecule has 0 fully saturated rings. The molecular formula is C9H15N3O9S6. The van der Waals surface area contributed by atoms with Crippen LogP contribution >= 0.6 is 35.3 Å². The van der Waals surface area contributed by atoms with Crippen LogP contribution in [-0.2, 0) is 30.4 Å². The third-order valence-corrected chi connectivity index (χ3v) is 7.77. The van der Waals surface area contributed by atoms with Gasteiger partial charge in [-0.25, -0.2) is 0 Å². The number of hydrogen-bond acceptors (Lipinski definition) is 12. The molecule has 0 radical (unpaired) electrons. The van der Waals surface area contributed by atoms with Crippen molar-refractivity contribution in [3.8, 4) is 0 Å². The van der Waals surface area contributed by atoms with E-state index in [4.69, 9.17) is 13.7 Å². The topological polar surface area (TPSA) is 202 Å². The molecule has 0 aliphatic carbocycles. The second kappa shape index (κ2) is 10.5. The Balaban J connectivity index is 2.85. The summed E-state index contributed by atoms with van der Waals surface area (Å²) in [7, 11) is -12.5. The average molecular weight is 502 g/mol. The van der Waals surface area contributed by atoms with Crippen molar-refractivity contribution in [2.24, 2.45) is 0 Å². The lowest BCUT2D eigenvalue weighted by molar-refractivity contribution is 0.483. The Morgan fingerprint density at radius 1 is 0.556 bits per heavy atom. The molecule has 1 heterocycles. The van der Waals surface area contributed by atoms with Crippen LogP contribution in [0.2, 0.25) is 0 Å². The zero-order valence-electron chi connectivity index (χ0n) is 13.3. The molecule has 18 heteroatoms. The maximum Gasteiger partial charge on any atom is 0.265 e. The molecule has 0 aliphatic heterocycles. The largest absolute Gasteiger partial charge is 0.286 e. The Kier molecular flexibility index (Phi) is 9.69. The molecule has 12 nitrogen and oxygen atoms in total. The minimum atomic E-state index is -4.17. The first-order valence-corrected chi connectivity index (χ1v) is 14.5. The van der Waals surface area contributed by atoms with Crippen LogP contribution < -0.4 is 0 Å². The van der Waals surface area contributed by atoms with Crippen molar-refractivity contribution < 1.29 is 38.9 Å². The van der Waals surface area contributed by atoms with E-state index < -0.39 is 47.6 Å². The summed E-state index contributed by atoms with van der Waals surface area (Å²) in [5.74, 6) is -1.81. The van der Waals surface area contributed by atoms with Gasteiger partial charge >= 0.3 is 0 Å².